The summed E-state index contributed by atoms with van der Waals surface area (Å²) in [5.41, 5.74) is 2.17. The molecule has 1 amide bonds. The van der Waals surface area contributed by atoms with Gasteiger partial charge < -0.3 is 19.5 Å². The lowest BCUT2D eigenvalue weighted by atomic mass is 9.78. The molecule has 0 atom stereocenters. The number of likely N-dealkylation sites (tertiary alicyclic amines) is 1. The number of rotatable bonds is 5. The molecule has 0 aliphatic carbocycles. The first-order chi connectivity index (χ1) is 11.5. The van der Waals surface area contributed by atoms with Crippen molar-refractivity contribution in [3.63, 3.8) is 0 Å². The van der Waals surface area contributed by atoms with Crippen molar-refractivity contribution < 1.29 is 34.3 Å². The summed E-state index contributed by atoms with van der Waals surface area (Å²) in [5.74, 6) is -1.39. The van der Waals surface area contributed by atoms with Crippen LogP contribution in [0.5, 0.6) is 11.5 Å². The van der Waals surface area contributed by atoms with E-state index in [4.69, 9.17) is 14.6 Å². The predicted molar refractivity (Wildman–Crippen MR) is 81.3 cm³/mol. The smallest absolute Gasteiger partial charge is 0.522 e. The molecular formula is C14H17BN2O7. The van der Waals surface area contributed by atoms with E-state index >= 15 is 0 Å². The summed E-state index contributed by atoms with van der Waals surface area (Å²) >= 11 is 0. The number of aromatic carboxylic acids is 1. The average Bonchev–Trinajstić information content (AvgIpc) is 2.51. The van der Waals surface area contributed by atoms with Gasteiger partial charge in [-0.1, -0.05) is 6.07 Å². The number of carbonyl (C=O) groups is 2. The van der Waals surface area contributed by atoms with E-state index in [-0.39, 0.29) is 29.7 Å². The predicted octanol–water partition coefficient (Wildman–Crippen LogP) is -0.631. The van der Waals surface area contributed by atoms with E-state index < -0.39 is 19.0 Å². The Kier molecular flexibility index (Phi) is 4.61. The number of hydrogen-bond acceptors (Lipinski definition) is 7. The molecule has 3 rings (SSSR count). The molecule has 24 heavy (non-hydrogen) atoms. The van der Waals surface area contributed by atoms with Crippen LogP contribution >= 0.6 is 0 Å². The fraction of sp³-hybridized carbons (Fsp3) is 0.429. The van der Waals surface area contributed by atoms with Crippen molar-refractivity contribution in [1.29, 1.82) is 0 Å². The number of aryl methyl sites for hydroxylation is 1. The lowest BCUT2D eigenvalue weighted by molar-refractivity contribution is -0.132. The van der Waals surface area contributed by atoms with Crippen LogP contribution < -0.4 is 14.9 Å². The maximum atomic E-state index is 11.6. The topological polar surface area (TPSA) is 129 Å². The summed E-state index contributed by atoms with van der Waals surface area (Å²) in [5, 5.41) is 27.6. The van der Waals surface area contributed by atoms with Gasteiger partial charge in [-0.25, -0.2) is 10.3 Å². The third-order valence-corrected chi connectivity index (χ3v) is 4.04. The van der Waals surface area contributed by atoms with Gasteiger partial charge in [0.05, 0.1) is 6.54 Å². The number of nitrogens with one attached hydrogen (secondary N) is 1. The lowest BCUT2D eigenvalue weighted by Gasteiger charge is -2.38. The lowest BCUT2D eigenvalue weighted by Crippen LogP contribution is -2.56. The minimum Gasteiger partial charge on any atom is -0.535 e. The summed E-state index contributed by atoms with van der Waals surface area (Å²) in [4.78, 5) is 24.4. The Morgan fingerprint density at radius 1 is 1.42 bits per heavy atom. The van der Waals surface area contributed by atoms with E-state index in [2.05, 4.69) is 0 Å². The van der Waals surface area contributed by atoms with Crippen LogP contribution in [-0.2, 0) is 11.2 Å². The molecule has 2 heterocycles. The third kappa shape index (κ3) is 3.30. The second-order valence-electron chi connectivity index (χ2n) is 5.81. The largest absolute Gasteiger partial charge is 0.535 e. The van der Waals surface area contributed by atoms with Gasteiger partial charge in [0.1, 0.15) is 23.2 Å². The van der Waals surface area contributed by atoms with E-state index in [1.165, 1.54) is 0 Å². The van der Waals surface area contributed by atoms with Gasteiger partial charge in [-0.2, -0.15) is 0 Å². The second kappa shape index (κ2) is 6.67. The Morgan fingerprint density at radius 2 is 2.17 bits per heavy atom. The second-order valence-corrected chi connectivity index (χ2v) is 5.81. The monoisotopic (exact) mass is 336 g/mol. The molecule has 0 spiro atoms. The normalized spacial score (nSPS) is 17.5. The molecule has 0 radical (unpaired) electrons. The van der Waals surface area contributed by atoms with Crippen molar-refractivity contribution in [1.82, 2.24) is 10.4 Å². The minimum atomic E-state index is -1.19. The highest BCUT2D eigenvalue weighted by atomic mass is 16.5. The fourth-order valence-electron chi connectivity index (χ4n) is 2.86. The van der Waals surface area contributed by atoms with Crippen LogP contribution in [0.2, 0.25) is 6.32 Å². The van der Waals surface area contributed by atoms with Gasteiger partial charge in [0.2, 0.25) is 0 Å². The standard InChI is InChI=1S/C14H17BN2O7/c18-11(16-22)7-17-5-9(6-17)23-10-2-1-8-3-4-15(21)24-13(8)12(10)14(19)20/h1-2,9,21-22H,3-7H2,(H,16,18)(H,19,20). The van der Waals surface area contributed by atoms with Crippen molar-refractivity contribution in [3.05, 3.63) is 23.3 Å². The molecule has 1 fully saturated rings. The maximum absolute atomic E-state index is 11.6. The van der Waals surface area contributed by atoms with E-state index in [9.17, 15) is 19.7 Å². The maximum Gasteiger partial charge on any atom is 0.522 e. The molecule has 0 unspecified atom stereocenters. The van der Waals surface area contributed by atoms with E-state index in [0.29, 0.717) is 25.8 Å². The number of hydroxylamine groups is 1. The summed E-state index contributed by atoms with van der Waals surface area (Å²) in [6, 6.07) is 3.32. The molecule has 2 aliphatic heterocycles. The third-order valence-electron chi connectivity index (χ3n) is 4.04. The first-order valence-electron chi connectivity index (χ1n) is 7.53. The minimum absolute atomic E-state index is 0.0433. The number of ether oxygens (including phenoxy) is 1. The van der Waals surface area contributed by atoms with Gasteiger partial charge in [-0.15, -0.1) is 0 Å². The Bertz CT molecular complexity index is 663. The van der Waals surface area contributed by atoms with Crippen molar-refractivity contribution in [2.75, 3.05) is 19.6 Å². The molecule has 0 bridgehead atoms. The van der Waals surface area contributed by atoms with Crippen LogP contribution in [-0.4, -0.2) is 65.0 Å². The van der Waals surface area contributed by atoms with E-state index in [0.717, 1.165) is 5.56 Å². The number of hydrogen-bond donors (Lipinski definition) is 4. The molecule has 1 aromatic carbocycles. The van der Waals surface area contributed by atoms with Gasteiger partial charge in [0.25, 0.3) is 5.91 Å². The van der Waals surface area contributed by atoms with Crippen LogP contribution in [0.25, 0.3) is 0 Å². The number of benzene rings is 1. The van der Waals surface area contributed by atoms with Crippen molar-refractivity contribution in [2.45, 2.75) is 18.8 Å². The first kappa shape index (κ1) is 16.6. The van der Waals surface area contributed by atoms with Gasteiger partial charge in [0, 0.05) is 13.1 Å². The van der Waals surface area contributed by atoms with Gasteiger partial charge in [-0.05, 0) is 24.4 Å². The van der Waals surface area contributed by atoms with Crippen molar-refractivity contribution >= 4 is 19.0 Å². The van der Waals surface area contributed by atoms with Gasteiger partial charge in [0.15, 0.2) is 0 Å². The van der Waals surface area contributed by atoms with Crippen LogP contribution in [0, 0.1) is 0 Å². The SMILES string of the molecule is O=C(CN1CC(Oc2ccc3c(c2C(=O)O)OB(O)CC3)C1)NO. The zero-order chi connectivity index (χ0) is 17.3. The van der Waals surface area contributed by atoms with E-state index in [1.807, 2.05) is 0 Å². The highest BCUT2D eigenvalue weighted by Crippen LogP contribution is 2.37. The zero-order valence-corrected chi connectivity index (χ0v) is 12.8. The van der Waals surface area contributed by atoms with Gasteiger partial charge >= 0.3 is 13.1 Å². The summed E-state index contributed by atoms with van der Waals surface area (Å²) in [6.45, 7) is 0.918. The molecule has 2 aliphatic rings. The van der Waals surface area contributed by atoms with Crippen LogP contribution in [0.3, 0.4) is 0 Å². The number of carboxylic acids is 1. The van der Waals surface area contributed by atoms with Crippen molar-refractivity contribution in [3.8, 4) is 11.5 Å². The molecule has 4 N–H and O–H groups in total. The summed E-state index contributed by atoms with van der Waals surface area (Å²) in [7, 11) is -1.03. The summed E-state index contributed by atoms with van der Waals surface area (Å²) in [6.07, 6.45) is 0.683. The number of fused-ring (bicyclic) bond motifs is 1. The highest BCUT2D eigenvalue weighted by Gasteiger charge is 2.34. The molecule has 9 nitrogen and oxygen atoms in total. The highest BCUT2D eigenvalue weighted by molar-refractivity contribution is 6.44. The molecule has 128 valence electrons. The first-order valence-corrected chi connectivity index (χ1v) is 7.53. The van der Waals surface area contributed by atoms with Gasteiger partial charge in [-0.3, -0.25) is 14.9 Å². The average molecular weight is 336 g/mol. The molecule has 10 heteroatoms. The quantitative estimate of drug-likeness (QED) is 0.318. The van der Waals surface area contributed by atoms with Crippen LogP contribution in [0.1, 0.15) is 15.9 Å². The number of carbonyl (C=O) groups excluding carboxylic acids is 1. The molecular weight excluding hydrogens is 319 g/mol. The molecule has 1 aromatic rings. The van der Waals surface area contributed by atoms with Crippen LogP contribution in [0.4, 0.5) is 0 Å². The van der Waals surface area contributed by atoms with E-state index in [1.54, 1.807) is 22.5 Å². The Morgan fingerprint density at radius 3 is 2.83 bits per heavy atom. The number of nitrogens with zero attached hydrogens (tertiary/aromatic N) is 1. The Balaban J connectivity index is 1.72. The van der Waals surface area contributed by atoms with Crippen LogP contribution in [0.15, 0.2) is 12.1 Å². The Labute approximate surface area is 137 Å². The Hall–Kier alpha value is -2.30. The van der Waals surface area contributed by atoms with Crippen molar-refractivity contribution in [2.24, 2.45) is 0 Å². The number of carboxylic acid groups (broad SMARTS) is 1. The number of amides is 1. The summed E-state index contributed by atoms with van der Waals surface area (Å²) < 4.78 is 11.0. The molecule has 1 saturated heterocycles. The zero-order valence-electron chi connectivity index (χ0n) is 12.8. The molecule has 0 saturated carbocycles. The fourth-order valence-corrected chi connectivity index (χ4v) is 2.86. The molecule has 0 aromatic heterocycles.